The lowest BCUT2D eigenvalue weighted by Crippen LogP contribution is -2.59. The first-order valence-electron chi connectivity index (χ1n) is 10.1. The molecule has 6 rings (SSSR count). The van der Waals surface area contributed by atoms with Crippen molar-refractivity contribution in [1.29, 1.82) is 0 Å². The first-order valence-corrected chi connectivity index (χ1v) is 10.1. The van der Waals surface area contributed by atoms with Crippen molar-refractivity contribution < 1.29 is 4.79 Å². The normalized spacial score (nSPS) is 36.7. The van der Waals surface area contributed by atoms with E-state index in [1.54, 1.807) is 17.1 Å². The van der Waals surface area contributed by atoms with Gasteiger partial charge in [0.15, 0.2) is 5.82 Å². The number of carbonyl (C=O) groups is 1. The molecule has 5 nitrogen and oxygen atoms in total. The molecule has 0 spiro atoms. The highest BCUT2D eigenvalue weighted by molar-refractivity contribution is 5.83. The maximum Gasteiger partial charge on any atom is 0.226 e. The standard InChI is InChI=1S/C22H28N4O/c1-20-9-17-10-21(2,13-20)15-22(11-17,14-20)19(27)24-12-16-4-6-23-18(8-16)26-7-3-5-25-26/h3-8,17H,9-15H2,1-2H3,(H,24,27). The molecule has 4 saturated carbocycles. The molecule has 4 aliphatic carbocycles. The van der Waals surface area contributed by atoms with Gasteiger partial charge in [-0.25, -0.2) is 9.67 Å². The third-order valence-electron chi connectivity index (χ3n) is 7.11. The van der Waals surface area contributed by atoms with Crippen LogP contribution < -0.4 is 5.32 Å². The van der Waals surface area contributed by atoms with Gasteiger partial charge in [-0.3, -0.25) is 4.79 Å². The summed E-state index contributed by atoms with van der Waals surface area (Å²) in [5.41, 5.74) is 1.62. The Kier molecular flexibility index (Phi) is 3.56. The molecule has 4 fully saturated rings. The molecule has 0 radical (unpaired) electrons. The van der Waals surface area contributed by atoms with Crippen LogP contribution in [-0.2, 0) is 11.3 Å². The van der Waals surface area contributed by atoms with Crippen molar-refractivity contribution in [3.63, 3.8) is 0 Å². The lowest BCUT2D eigenvalue weighted by Gasteiger charge is -2.64. The van der Waals surface area contributed by atoms with Crippen molar-refractivity contribution in [2.75, 3.05) is 0 Å². The molecule has 0 aliphatic heterocycles. The second kappa shape index (κ2) is 5.66. The zero-order valence-electron chi connectivity index (χ0n) is 16.2. The number of hydrogen-bond acceptors (Lipinski definition) is 3. The minimum absolute atomic E-state index is 0.152. The van der Waals surface area contributed by atoms with Crippen LogP contribution in [0.2, 0.25) is 0 Å². The third-order valence-corrected chi connectivity index (χ3v) is 7.11. The largest absolute Gasteiger partial charge is 0.352 e. The van der Waals surface area contributed by atoms with Crippen LogP contribution in [0.5, 0.6) is 0 Å². The summed E-state index contributed by atoms with van der Waals surface area (Å²) in [4.78, 5) is 17.7. The second-order valence-electron chi connectivity index (χ2n) is 10.1. The molecule has 2 heterocycles. The molecule has 0 aromatic carbocycles. The number of aromatic nitrogens is 3. The van der Waals surface area contributed by atoms with E-state index in [0.29, 0.717) is 17.4 Å². The molecule has 2 aromatic rings. The second-order valence-corrected chi connectivity index (χ2v) is 10.1. The van der Waals surface area contributed by atoms with Crippen LogP contribution >= 0.6 is 0 Å². The summed E-state index contributed by atoms with van der Waals surface area (Å²) in [7, 11) is 0. The van der Waals surface area contributed by atoms with Gasteiger partial charge in [0.2, 0.25) is 5.91 Å². The topological polar surface area (TPSA) is 59.8 Å². The highest BCUT2D eigenvalue weighted by Gasteiger charge is 2.62. The van der Waals surface area contributed by atoms with Gasteiger partial charge in [-0.1, -0.05) is 13.8 Å². The van der Waals surface area contributed by atoms with Crippen LogP contribution in [0.25, 0.3) is 5.82 Å². The first-order chi connectivity index (χ1) is 12.9. The lowest BCUT2D eigenvalue weighted by molar-refractivity contribution is -0.170. The quantitative estimate of drug-likeness (QED) is 0.896. The number of pyridine rings is 1. The molecular formula is C22H28N4O. The van der Waals surface area contributed by atoms with Gasteiger partial charge in [-0.2, -0.15) is 5.10 Å². The van der Waals surface area contributed by atoms with E-state index in [1.165, 1.54) is 19.3 Å². The molecular weight excluding hydrogens is 336 g/mol. The smallest absolute Gasteiger partial charge is 0.226 e. The number of nitrogens with zero attached hydrogens (tertiary/aromatic N) is 3. The van der Waals surface area contributed by atoms with Crippen molar-refractivity contribution in [2.45, 2.75) is 58.9 Å². The van der Waals surface area contributed by atoms with Crippen LogP contribution in [0.15, 0.2) is 36.8 Å². The Labute approximate surface area is 160 Å². The molecule has 142 valence electrons. The van der Waals surface area contributed by atoms with E-state index >= 15 is 0 Å². The molecule has 4 aliphatic rings. The minimum Gasteiger partial charge on any atom is -0.352 e. The van der Waals surface area contributed by atoms with Crippen molar-refractivity contribution in [2.24, 2.45) is 22.2 Å². The van der Waals surface area contributed by atoms with E-state index < -0.39 is 0 Å². The summed E-state index contributed by atoms with van der Waals surface area (Å²) in [5.74, 6) is 1.78. The Balaban J connectivity index is 1.32. The summed E-state index contributed by atoms with van der Waals surface area (Å²) in [5, 5.41) is 7.50. The Morgan fingerprint density at radius 3 is 2.63 bits per heavy atom. The van der Waals surface area contributed by atoms with Crippen LogP contribution in [0.4, 0.5) is 0 Å². The van der Waals surface area contributed by atoms with Crippen LogP contribution in [0.1, 0.15) is 57.9 Å². The highest BCUT2D eigenvalue weighted by Crippen LogP contribution is 2.69. The third kappa shape index (κ3) is 2.88. The van der Waals surface area contributed by atoms with E-state index in [0.717, 1.165) is 36.6 Å². The Bertz CT molecular complexity index is 856. The Hall–Kier alpha value is -2.17. The van der Waals surface area contributed by atoms with Crippen molar-refractivity contribution in [1.82, 2.24) is 20.1 Å². The summed E-state index contributed by atoms with van der Waals surface area (Å²) in [6.45, 7) is 5.38. The molecule has 27 heavy (non-hydrogen) atoms. The number of carbonyl (C=O) groups excluding carboxylic acids is 1. The van der Waals surface area contributed by atoms with Gasteiger partial charge in [0, 0.05) is 25.1 Å². The Morgan fingerprint density at radius 2 is 1.96 bits per heavy atom. The fourth-order valence-electron chi connectivity index (χ4n) is 7.17. The predicted molar refractivity (Wildman–Crippen MR) is 103 cm³/mol. The van der Waals surface area contributed by atoms with Gasteiger partial charge < -0.3 is 5.32 Å². The molecule has 5 heteroatoms. The number of amides is 1. The summed E-state index contributed by atoms with van der Waals surface area (Å²) in [6, 6.07) is 5.84. The van der Waals surface area contributed by atoms with Gasteiger partial charge in [0.25, 0.3) is 0 Å². The molecule has 0 saturated heterocycles. The van der Waals surface area contributed by atoms with Crippen molar-refractivity contribution in [3.05, 3.63) is 42.4 Å². The van der Waals surface area contributed by atoms with E-state index in [9.17, 15) is 4.79 Å². The maximum absolute atomic E-state index is 13.3. The fraction of sp³-hybridized carbons (Fsp3) is 0.591. The monoisotopic (exact) mass is 364 g/mol. The minimum atomic E-state index is -0.152. The van der Waals surface area contributed by atoms with E-state index in [4.69, 9.17) is 0 Å². The van der Waals surface area contributed by atoms with Gasteiger partial charge in [-0.05, 0) is 79.0 Å². The average Bonchev–Trinajstić information content (AvgIpc) is 3.11. The van der Waals surface area contributed by atoms with E-state index in [2.05, 4.69) is 29.2 Å². The summed E-state index contributed by atoms with van der Waals surface area (Å²) >= 11 is 0. The average molecular weight is 364 g/mol. The summed E-state index contributed by atoms with van der Waals surface area (Å²) < 4.78 is 1.74. The summed E-state index contributed by atoms with van der Waals surface area (Å²) in [6.07, 6.45) is 12.5. The molecule has 1 N–H and O–H groups in total. The van der Waals surface area contributed by atoms with Gasteiger partial charge in [0.1, 0.15) is 0 Å². The number of hydrogen-bond donors (Lipinski definition) is 1. The molecule has 2 aromatic heterocycles. The van der Waals surface area contributed by atoms with Crippen molar-refractivity contribution in [3.8, 4) is 5.82 Å². The first kappa shape index (κ1) is 17.0. The van der Waals surface area contributed by atoms with Crippen LogP contribution in [0.3, 0.4) is 0 Å². The Morgan fingerprint density at radius 1 is 1.19 bits per heavy atom. The zero-order chi connectivity index (χ0) is 18.7. The fourth-order valence-corrected chi connectivity index (χ4v) is 7.17. The van der Waals surface area contributed by atoms with E-state index in [1.807, 2.05) is 24.4 Å². The molecule has 2 atom stereocenters. The number of rotatable bonds is 4. The van der Waals surface area contributed by atoms with Gasteiger partial charge in [0.05, 0.1) is 5.41 Å². The van der Waals surface area contributed by atoms with Crippen molar-refractivity contribution >= 4 is 5.91 Å². The predicted octanol–water partition coefficient (Wildman–Crippen LogP) is 3.88. The molecule has 4 bridgehead atoms. The van der Waals surface area contributed by atoms with E-state index in [-0.39, 0.29) is 11.3 Å². The van der Waals surface area contributed by atoms with Gasteiger partial charge >= 0.3 is 0 Å². The van der Waals surface area contributed by atoms with Crippen LogP contribution in [-0.4, -0.2) is 20.7 Å². The molecule has 1 amide bonds. The van der Waals surface area contributed by atoms with Crippen LogP contribution in [0, 0.1) is 22.2 Å². The lowest BCUT2D eigenvalue weighted by atomic mass is 9.40. The SMILES string of the molecule is CC12CC3CC(C)(C1)CC(C(=O)NCc1ccnc(-n4cccn4)c1)(C3)C2. The zero-order valence-corrected chi connectivity index (χ0v) is 16.2. The van der Waals surface area contributed by atoms with Gasteiger partial charge in [-0.15, -0.1) is 0 Å². The molecule has 2 unspecified atom stereocenters. The maximum atomic E-state index is 13.3. The highest BCUT2D eigenvalue weighted by atomic mass is 16.2. The number of nitrogens with one attached hydrogen (secondary N) is 1.